The van der Waals surface area contributed by atoms with Gasteiger partial charge in [-0.15, -0.1) is 0 Å². The summed E-state index contributed by atoms with van der Waals surface area (Å²) in [5.41, 5.74) is 2.27. The molecule has 3 rings (SSSR count). The molecule has 0 unspecified atom stereocenters. The van der Waals surface area contributed by atoms with Gasteiger partial charge in [-0.25, -0.2) is 0 Å². The highest BCUT2D eigenvalue weighted by atomic mass is 16.5. The Balaban J connectivity index is 1.32. The Morgan fingerprint density at radius 3 is 2.03 bits per heavy atom. The lowest BCUT2D eigenvalue weighted by atomic mass is 10.2. The molecule has 0 radical (unpaired) electrons. The number of benzene rings is 3. The highest BCUT2D eigenvalue weighted by Gasteiger charge is 2.10. The Kier molecular flexibility index (Phi) is 9.24. The van der Waals surface area contributed by atoms with Gasteiger partial charge in [0.1, 0.15) is 17.2 Å². The second kappa shape index (κ2) is 12.8. The molecule has 0 spiro atoms. The molecule has 0 atom stereocenters. The Morgan fingerprint density at radius 1 is 0.743 bits per heavy atom. The number of carbonyl (C=O) groups excluding carboxylic acids is 3. The standard InChI is InChI=1S/C27H28N2O6/c1-19-5-3-6-21(17-19)29-26(31)18-34-27(32)8-4-7-25(30)28-20-9-11-23(12-10-20)35-24-15-13-22(33-2)14-16-24/h3,5-6,9-17H,4,7-8,18H2,1-2H3,(H,28,30)(H,29,31). The van der Waals surface area contributed by atoms with E-state index in [1.165, 1.54) is 0 Å². The van der Waals surface area contributed by atoms with Gasteiger partial charge in [-0.3, -0.25) is 14.4 Å². The molecule has 0 aromatic heterocycles. The molecule has 0 saturated carbocycles. The fraction of sp³-hybridized carbons (Fsp3) is 0.222. The minimum absolute atomic E-state index is 0.0415. The Morgan fingerprint density at radius 2 is 1.37 bits per heavy atom. The zero-order valence-electron chi connectivity index (χ0n) is 19.7. The van der Waals surface area contributed by atoms with E-state index in [-0.39, 0.29) is 25.4 Å². The van der Waals surface area contributed by atoms with Crippen molar-refractivity contribution in [2.45, 2.75) is 26.2 Å². The summed E-state index contributed by atoms with van der Waals surface area (Å²) in [5, 5.41) is 5.44. The first-order valence-electron chi connectivity index (χ1n) is 11.2. The van der Waals surface area contributed by atoms with Crippen LogP contribution in [0.1, 0.15) is 24.8 Å². The number of amides is 2. The van der Waals surface area contributed by atoms with E-state index in [1.807, 2.05) is 25.1 Å². The van der Waals surface area contributed by atoms with Crippen LogP contribution in [0.15, 0.2) is 72.8 Å². The summed E-state index contributed by atoms with van der Waals surface area (Å²) in [4.78, 5) is 35.9. The van der Waals surface area contributed by atoms with Crippen LogP contribution in [-0.2, 0) is 19.1 Å². The van der Waals surface area contributed by atoms with Gasteiger partial charge in [0.25, 0.3) is 5.91 Å². The van der Waals surface area contributed by atoms with Crippen LogP contribution in [0.5, 0.6) is 17.2 Å². The van der Waals surface area contributed by atoms with E-state index in [0.29, 0.717) is 29.3 Å². The van der Waals surface area contributed by atoms with Crippen molar-refractivity contribution in [2.75, 3.05) is 24.4 Å². The zero-order valence-corrected chi connectivity index (χ0v) is 19.7. The largest absolute Gasteiger partial charge is 0.497 e. The number of esters is 1. The average Bonchev–Trinajstić information content (AvgIpc) is 2.84. The third-order valence-electron chi connectivity index (χ3n) is 4.88. The Labute approximate surface area is 204 Å². The van der Waals surface area contributed by atoms with Crippen LogP contribution < -0.4 is 20.1 Å². The number of methoxy groups -OCH3 is 1. The van der Waals surface area contributed by atoms with Gasteiger partial charge >= 0.3 is 5.97 Å². The van der Waals surface area contributed by atoms with Crippen molar-refractivity contribution in [3.63, 3.8) is 0 Å². The summed E-state index contributed by atoms with van der Waals surface area (Å²) in [6.45, 7) is 1.54. The van der Waals surface area contributed by atoms with Crippen LogP contribution in [0.4, 0.5) is 11.4 Å². The molecule has 0 aliphatic rings. The minimum atomic E-state index is -0.530. The quantitative estimate of drug-likeness (QED) is 0.374. The molecule has 182 valence electrons. The maximum absolute atomic E-state index is 12.2. The summed E-state index contributed by atoms with van der Waals surface area (Å²) in [5.74, 6) is 0.869. The van der Waals surface area contributed by atoms with Gasteiger partial charge in [-0.1, -0.05) is 12.1 Å². The zero-order chi connectivity index (χ0) is 25.0. The highest BCUT2D eigenvalue weighted by Crippen LogP contribution is 2.25. The summed E-state index contributed by atoms with van der Waals surface area (Å²) in [6, 6.07) is 21.5. The van der Waals surface area contributed by atoms with Crippen LogP contribution in [0.2, 0.25) is 0 Å². The van der Waals surface area contributed by atoms with Crippen LogP contribution >= 0.6 is 0 Å². The number of ether oxygens (including phenoxy) is 3. The average molecular weight is 477 g/mol. The molecule has 2 amide bonds. The number of carbonyl (C=O) groups is 3. The summed E-state index contributed by atoms with van der Waals surface area (Å²) >= 11 is 0. The fourth-order valence-electron chi connectivity index (χ4n) is 3.14. The predicted molar refractivity (Wildman–Crippen MR) is 133 cm³/mol. The lowest BCUT2D eigenvalue weighted by Gasteiger charge is -2.09. The monoisotopic (exact) mass is 476 g/mol. The summed E-state index contributed by atoms with van der Waals surface area (Å²) in [7, 11) is 1.60. The van der Waals surface area contributed by atoms with Crippen LogP contribution in [-0.4, -0.2) is 31.5 Å². The molecule has 3 aromatic rings. The van der Waals surface area contributed by atoms with Gasteiger partial charge in [0.2, 0.25) is 5.91 Å². The van der Waals surface area contributed by atoms with E-state index >= 15 is 0 Å². The van der Waals surface area contributed by atoms with E-state index in [0.717, 1.165) is 11.3 Å². The molecule has 3 aromatic carbocycles. The third-order valence-corrected chi connectivity index (χ3v) is 4.88. The topological polar surface area (TPSA) is 103 Å². The number of anilines is 2. The van der Waals surface area contributed by atoms with E-state index < -0.39 is 11.9 Å². The molecular formula is C27H28N2O6. The van der Waals surface area contributed by atoms with Crippen molar-refractivity contribution in [3.05, 3.63) is 78.4 Å². The number of aryl methyl sites for hydroxylation is 1. The Hall–Kier alpha value is -4.33. The minimum Gasteiger partial charge on any atom is -0.497 e. The first kappa shape index (κ1) is 25.3. The molecule has 0 aliphatic heterocycles. The van der Waals surface area contributed by atoms with Gasteiger partial charge in [0.05, 0.1) is 7.11 Å². The number of nitrogens with one attached hydrogen (secondary N) is 2. The first-order valence-corrected chi connectivity index (χ1v) is 11.2. The van der Waals surface area contributed by atoms with Crippen LogP contribution in [0.25, 0.3) is 0 Å². The molecule has 8 heteroatoms. The van der Waals surface area contributed by atoms with Crippen molar-refractivity contribution >= 4 is 29.2 Å². The predicted octanol–water partition coefficient (Wildman–Crippen LogP) is 5.09. The third kappa shape index (κ3) is 8.85. The molecule has 0 heterocycles. The molecule has 0 aliphatic carbocycles. The van der Waals surface area contributed by atoms with Gasteiger partial charge < -0.3 is 24.8 Å². The molecule has 8 nitrogen and oxygen atoms in total. The molecule has 0 saturated heterocycles. The molecule has 0 fully saturated rings. The normalized spacial score (nSPS) is 10.2. The van der Waals surface area contributed by atoms with Crippen molar-refractivity contribution in [1.29, 1.82) is 0 Å². The molecule has 35 heavy (non-hydrogen) atoms. The van der Waals surface area contributed by atoms with E-state index in [4.69, 9.17) is 14.2 Å². The van der Waals surface area contributed by atoms with Crippen molar-refractivity contribution in [3.8, 4) is 17.2 Å². The van der Waals surface area contributed by atoms with Crippen LogP contribution in [0, 0.1) is 6.92 Å². The Bertz CT molecular complexity index is 1140. The lowest BCUT2D eigenvalue weighted by molar-refractivity contribution is -0.147. The molecular weight excluding hydrogens is 448 g/mol. The fourth-order valence-corrected chi connectivity index (χ4v) is 3.14. The summed E-state index contributed by atoms with van der Waals surface area (Å²) in [6.07, 6.45) is 0.497. The smallest absolute Gasteiger partial charge is 0.306 e. The molecule has 0 bridgehead atoms. The van der Waals surface area contributed by atoms with E-state index in [2.05, 4.69) is 10.6 Å². The van der Waals surface area contributed by atoms with Crippen molar-refractivity contribution in [1.82, 2.24) is 0 Å². The summed E-state index contributed by atoms with van der Waals surface area (Å²) < 4.78 is 15.9. The maximum atomic E-state index is 12.2. The van der Waals surface area contributed by atoms with Crippen LogP contribution in [0.3, 0.4) is 0 Å². The number of rotatable bonds is 11. The second-order valence-electron chi connectivity index (χ2n) is 7.78. The lowest BCUT2D eigenvalue weighted by Crippen LogP contribution is -2.21. The van der Waals surface area contributed by atoms with Gasteiger partial charge in [0, 0.05) is 24.2 Å². The van der Waals surface area contributed by atoms with Gasteiger partial charge in [-0.05, 0) is 79.6 Å². The highest BCUT2D eigenvalue weighted by molar-refractivity contribution is 5.93. The first-order chi connectivity index (χ1) is 16.9. The SMILES string of the molecule is COc1ccc(Oc2ccc(NC(=O)CCCC(=O)OCC(=O)Nc3cccc(C)c3)cc2)cc1. The maximum Gasteiger partial charge on any atom is 0.306 e. The second-order valence-corrected chi connectivity index (χ2v) is 7.78. The van der Waals surface area contributed by atoms with Crippen molar-refractivity contribution in [2.24, 2.45) is 0 Å². The van der Waals surface area contributed by atoms with E-state index in [9.17, 15) is 14.4 Å². The van der Waals surface area contributed by atoms with Gasteiger partial charge in [-0.2, -0.15) is 0 Å². The van der Waals surface area contributed by atoms with Crippen molar-refractivity contribution < 1.29 is 28.6 Å². The number of hydrogen-bond donors (Lipinski definition) is 2. The number of hydrogen-bond acceptors (Lipinski definition) is 6. The molecule has 2 N–H and O–H groups in total. The van der Waals surface area contributed by atoms with E-state index in [1.54, 1.807) is 61.7 Å². The van der Waals surface area contributed by atoms with Gasteiger partial charge in [0.15, 0.2) is 6.61 Å².